The minimum atomic E-state index is -4.41. The number of hydrogen-bond acceptors (Lipinski definition) is 5. The molecule has 6 nitrogen and oxygen atoms in total. The average molecular weight is 275 g/mol. The van der Waals surface area contributed by atoms with Crippen LogP contribution >= 0.6 is 0 Å². The Hall–Kier alpha value is 0.340. The largest absolute Gasteiger partial charge is 1.00 e. The predicted molar refractivity (Wildman–Crippen MR) is 55.0 cm³/mol. The predicted octanol–water partition coefficient (Wildman–Crippen LogP) is -2.82. The number of aliphatic hydroxyl groups is 1. The SMILES string of the molecule is COC(=O)C1CCC(C(O)S(=O)(=O)O)CC1.[Na+]. The number of aliphatic hydroxyl groups excluding tert-OH is 1. The Bertz CT molecular complexity index is 346. The Labute approximate surface area is 123 Å². The minimum absolute atomic E-state index is 0. The molecule has 1 fully saturated rings. The van der Waals surface area contributed by atoms with Crippen LogP contribution in [-0.4, -0.2) is 36.6 Å². The van der Waals surface area contributed by atoms with Gasteiger partial charge >= 0.3 is 35.5 Å². The normalized spacial score (nSPS) is 26.8. The molecule has 1 saturated carbocycles. The average Bonchev–Trinajstić information content (AvgIpc) is 2.26. The molecular weight excluding hydrogens is 259 g/mol. The second-order valence-corrected chi connectivity index (χ2v) is 5.55. The molecule has 0 aromatic carbocycles. The van der Waals surface area contributed by atoms with E-state index in [2.05, 4.69) is 4.74 Å². The smallest absolute Gasteiger partial charge is 0.469 e. The Balaban J connectivity index is 0.00000256. The van der Waals surface area contributed by atoms with Crippen molar-refractivity contribution in [3.05, 3.63) is 0 Å². The van der Waals surface area contributed by atoms with Crippen LogP contribution in [0.5, 0.6) is 0 Å². The van der Waals surface area contributed by atoms with Crippen molar-refractivity contribution in [3.63, 3.8) is 0 Å². The Kier molecular flexibility index (Phi) is 7.20. The van der Waals surface area contributed by atoms with E-state index in [1.807, 2.05) is 0 Å². The van der Waals surface area contributed by atoms with Gasteiger partial charge in [-0.05, 0) is 25.7 Å². The van der Waals surface area contributed by atoms with Crippen LogP contribution in [-0.2, 0) is 19.6 Å². The van der Waals surface area contributed by atoms with Crippen LogP contribution in [0.25, 0.3) is 0 Å². The fourth-order valence-corrected chi connectivity index (χ4v) is 2.81. The molecule has 2 N–H and O–H groups in total. The van der Waals surface area contributed by atoms with Gasteiger partial charge in [-0.3, -0.25) is 9.35 Å². The van der Waals surface area contributed by atoms with Gasteiger partial charge in [-0.2, -0.15) is 8.42 Å². The van der Waals surface area contributed by atoms with Gasteiger partial charge < -0.3 is 9.84 Å². The van der Waals surface area contributed by atoms with Crippen LogP contribution < -0.4 is 29.6 Å². The molecular formula is C9H16NaO6S+. The van der Waals surface area contributed by atoms with E-state index in [4.69, 9.17) is 4.55 Å². The molecule has 94 valence electrons. The summed E-state index contributed by atoms with van der Waals surface area (Å²) >= 11 is 0. The summed E-state index contributed by atoms with van der Waals surface area (Å²) in [5.41, 5.74) is -1.74. The quantitative estimate of drug-likeness (QED) is 0.327. The first-order valence-electron chi connectivity index (χ1n) is 5.08. The number of methoxy groups -OCH3 is 1. The molecule has 8 heteroatoms. The van der Waals surface area contributed by atoms with E-state index < -0.39 is 21.5 Å². The monoisotopic (exact) mass is 275 g/mol. The maximum atomic E-state index is 11.2. The maximum Gasteiger partial charge on any atom is 1.00 e. The zero-order valence-electron chi connectivity index (χ0n) is 10.00. The fourth-order valence-electron chi connectivity index (χ4n) is 2.05. The van der Waals surface area contributed by atoms with E-state index >= 15 is 0 Å². The number of carbonyl (C=O) groups is 1. The molecule has 17 heavy (non-hydrogen) atoms. The van der Waals surface area contributed by atoms with Crippen molar-refractivity contribution in [1.29, 1.82) is 0 Å². The first kappa shape index (κ1) is 17.3. The number of esters is 1. The number of hydrogen-bond donors (Lipinski definition) is 2. The van der Waals surface area contributed by atoms with Gasteiger partial charge in [-0.25, -0.2) is 0 Å². The molecule has 0 amide bonds. The topological polar surface area (TPSA) is 101 Å². The van der Waals surface area contributed by atoms with Crippen LogP contribution in [0.15, 0.2) is 0 Å². The summed E-state index contributed by atoms with van der Waals surface area (Å²) in [7, 11) is -3.10. The standard InChI is InChI=1S/C9H16O6S.Na/c1-15-8(10)6-2-4-7(5-3-6)9(11)16(12,13)14;/h6-7,9,11H,2-5H2,1H3,(H,12,13,14);/q;+1. The van der Waals surface area contributed by atoms with Gasteiger partial charge in [-0.1, -0.05) is 0 Å². The van der Waals surface area contributed by atoms with Crippen LogP contribution in [0, 0.1) is 11.8 Å². The summed E-state index contributed by atoms with van der Waals surface area (Å²) in [5.74, 6) is -1.04. The summed E-state index contributed by atoms with van der Waals surface area (Å²) in [6.07, 6.45) is 1.73. The van der Waals surface area contributed by atoms with E-state index in [-0.39, 0.29) is 41.4 Å². The van der Waals surface area contributed by atoms with E-state index in [0.29, 0.717) is 25.7 Å². The third-order valence-corrected chi connectivity index (χ3v) is 4.01. The second-order valence-electron chi connectivity index (χ2n) is 4.04. The molecule has 1 aliphatic carbocycles. The molecule has 0 aromatic rings. The van der Waals surface area contributed by atoms with Gasteiger partial charge in [0.15, 0.2) is 5.44 Å². The number of carbonyl (C=O) groups excluding carboxylic acids is 1. The summed E-state index contributed by atoms with van der Waals surface area (Å²) in [6, 6.07) is 0. The van der Waals surface area contributed by atoms with Crippen LogP contribution in [0.2, 0.25) is 0 Å². The van der Waals surface area contributed by atoms with E-state index in [9.17, 15) is 18.3 Å². The molecule has 0 bridgehead atoms. The molecule has 0 spiro atoms. The van der Waals surface area contributed by atoms with Gasteiger partial charge in [0.2, 0.25) is 0 Å². The first-order valence-corrected chi connectivity index (χ1v) is 6.58. The Morgan fingerprint density at radius 3 is 2.12 bits per heavy atom. The van der Waals surface area contributed by atoms with Gasteiger partial charge in [0.25, 0.3) is 10.1 Å². The van der Waals surface area contributed by atoms with Crippen LogP contribution in [0.3, 0.4) is 0 Å². The minimum Gasteiger partial charge on any atom is -0.469 e. The van der Waals surface area contributed by atoms with E-state index in [0.717, 1.165) is 0 Å². The van der Waals surface area contributed by atoms with Crippen molar-refractivity contribution in [2.24, 2.45) is 11.8 Å². The van der Waals surface area contributed by atoms with E-state index in [1.54, 1.807) is 0 Å². The number of rotatable bonds is 3. The Morgan fingerprint density at radius 2 is 1.76 bits per heavy atom. The van der Waals surface area contributed by atoms with Gasteiger partial charge in [0.1, 0.15) is 0 Å². The molecule has 0 saturated heterocycles. The molecule has 1 unspecified atom stereocenters. The third-order valence-electron chi connectivity index (χ3n) is 3.01. The summed E-state index contributed by atoms with van der Waals surface area (Å²) < 4.78 is 34.7. The third kappa shape index (κ3) is 4.84. The molecule has 0 radical (unpaired) electrons. The summed E-state index contributed by atoms with van der Waals surface area (Å²) in [5, 5.41) is 9.34. The zero-order chi connectivity index (χ0) is 12.3. The van der Waals surface area contributed by atoms with Gasteiger partial charge in [0.05, 0.1) is 13.0 Å². The van der Waals surface area contributed by atoms with Crippen LogP contribution in [0.4, 0.5) is 0 Å². The van der Waals surface area contributed by atoms with Gasteiger partial charge in [0, 0.05) is 5.92 Å². The molecule has 1 rings (SSSR count). The fraction of sp³-hybridized carbons (Fsp3) is 0.889. The van der Waals surface area contributed by atoms with E-state index in [1.165, 1.54) is 7.11 Å². The molecule has 0 heterocycles. The van der Waals surface area contributed by atoms with Crippen molar-refractivity contribution in [2.45, 2.75) is 31.1 Å². The molecule has 1 aliphatic rings. The van der Waals surface area contributed by atoms with Gasteiger partial charge in [-0.15, -0.1) is 0 Å². The van der Waals surface area contributed by atoms with Crippen molar-refractivity contribution in [2.75, 3.05) is 7.11 Å². The first-order chi connectivity index (χ1) is 7.36. The molecule has 1 atom stereocenters. The Morgan fingerprint density at radius 1 is 1.29 bits per heavy atom. The molecule has 0 aliphatic heterocycles. The zero-order valence-corrected chi connectivity index (χ0v) is 12.8. The van der Waals surface area contributed by atoms with Crippen molar-refractivity contribution in [3.8, 4) is 0 Å². The second kappa shape index (κ2) is 7.06. The maximum absolute atomic E-state index is 11.2. The summed E-state index contributed by atoms with van der Waals surface area (Å²) in [4.78, 5) is 11.2. The number of ether oxygens (including phenoxy) is 1. The molecule has 0 aromatic heterocycles. The summed E-state index contributed by atoms with van der Waals surface area (Å²) in [6.45, 7) is 0. The van der Waals surface area contributed by atoms with Crippen molar-refractivity contribution >= 4 is 16.1 Å². The van der Waals surface area contributed by atoms with Crippen molar-refractivity contribution < 1.29 is 57.2 Å². The van der Waals surface area contributed by atoms with Crippen LogP contribution in [0.1, 0.15) is 25.7 Å². The van der Waals surface area contributed by atoms with Crippen molar-refractivity contribution in [1.82, 2.24) is 0 Å².